The number of benzene rings is 1. The molecule has 98 valence electrons. The average Bonchev–Trinajstić information content (AvgIpc) is 2.40. The van der Waals surface area contributed by atoms with E-state index in [2.05, 4.69) is 9.97 Å². The fraction of sp³-hybridized carbons (Fsp3) is 0.154. The molecular formula is C13H13FN4S. The quantitative estimate of drug-likeness (QED) is 0.869. The second-order valence-electron chi connectivity index (χ2n) is 3.83. The number of nitrogens with zero attached hydrogens (tertiary/aromatic N) is 3. The lowest BCUT2D eigenvalue weighted by Crippen LogP contribution is -2.21. The van der Waals surface area contributed by atoms with Crippen molar-refractivity contribution in [3.8, 4) is 0 Å². The Bertz CT molecular complexity index is 603. The minimum atomic E-state index is -0.304. The molecule has 2 rings (SSSR count). The molecule has 0 unspecified atom stereocenters. The highest BCUT2D eigenvalue weighted by Crippen LogP contribution is 2.22. The predicted octanol–water partition coefficient (Wildman–Crippen LogP) is 2.41. The minimum Gasteiger partial charge on any atom is -0.388 e. The Hall–Kier alpha value is -2.08. The monoisotopic (exact) mass is 276 g/mol. The molecule has 0 aliphatic rings. The largest absolute Gasteiger partial charge is 0.388 e. The molecule has 1 heterocycles. The van der Waals surface area contributed by atoms with Gasteiger partial charge < -0.3 is 10.6 Å². The Labute approximate surface area is 116 Å². The van der Waals surface area contributed by atoms with Crippen molar-refractivity contribution in [2.75, 3.05) is 11.4 Å². The number of rotatable bonds is 4. The van der Waals surface area contributed by atoms with E-state index in [-0.39, 0.29) is 10.8 Å². The average molecular weight is 276 g/mol. The van der Waals surface area contributed by atoms with Gasteiger partial charge in [-0.05, 0) is 31.2 Å². The molecule has 1 aromatic heterocycles. The minimum absolute atomic E-state index is 0.207. The summed E-state index contributed by atoms with van der Waals surface area (Å²) in [6, 6.07) is 7.91. The lowest BCUT2D eigenvalue weighted by atomic mass is 10.3. The fourth-order valence-electron chi connectivity index (χ4n) is 1.70. The third-order valence-electron chi connectivity index (χ3n) is 2.57. The van der Waals surface area contributed by atoms with Gasteiger partial charge in [0.25, 0.3) is 0 Å². The fourth-order valence-corrected chi connectivity index (χ4v) is 1.81. The lowest BCUT2D eigenvalue weighted by molar-refractivity contribution is 0.627. The Balaban J connectivity index is 2.42. The standard InChI is InChI=1S/C13H13FN4S/c1-2-18(10-5-3-4-9(14)8-10)13-16-7-6-11(17-13)12(15)19/h3-8H,2H2,1H3,(H2,15,19). The lowest BCUT2D eigenvalue weighted by Gasteiger charge is -2.21. The van der Waals surface area contributed by atoms with Gasteiger partial charge in [0.2, 0.25) is 5.95 Å². The molecule has 2 N–H and O–H groups in total. The van der Waals surface area contributed by atoms with Crippen LogP contribution in [0.4, 0.5) is 16.0 Å². The zero-order chi connectivity index (χ0) is 13.8. The van der Waals surface area contributed by atoms with Gasteiger partial charge in [-0.3, -0.25) is 0 Å². The molecular weight excluding hydrogens is 263 g/mol. The topological polar surface area (TPSA) is 55.0 Å². The van der Waals surface area contributed by atoms with Crippen LogP contribution < -0.4 is 10.6 Å². The molecule has 0 fully saturated rings. The summed E-state index contributed by atoms with van der Waals surface area (Å²) < 4.78 is 13.3. The van der Waals surface area contributed by atoms with Crippen molar-refractivity contribution in [2.24, 2.45) is 5.73 Å². The van der Waals surface area contributed by atoms with E-state index in [9.17, 15) is 4.39 Å². The zero-order valence-corrected chi connectivity index (χ0v) is 11.2. The summed E-state index contributed by atoms with van der Waals surface area (Å²) in [7, 11) is 0. The third kappa shape index (κ3) is 3.03. The molecule has 0 radical (unpaired) electrons. The van der Waals surface area contributed by atoms with Gasteiger partial charge in [-0.15, -0.1) is 0 Å². The summed E-state index contributed by atoms with van der Waals surface area (Å²) in [5.74, 6) is 0.139. The SMILES string of the molecule is CCN(c1cccc(F)c1)c1nccc(C(N)=S)n1. The van der Waals surface area contributed by atoms with Gasteiger partial charge in [-0.1, -0.05) is 18.3 Å². The Morgan fingerprint density at radius 3 is 2.84 bits per heavy atom. The van der Waals surface area contributed by atoms with Crippen LogP contribution in [-0.4, -0.2) is 21.5 Å². The highest BCUT2D eigenvalue weighted by atomic mass is 32.1. The molecule has 0 saturated carbocycles. The summed E-state index contributed by atoms with van der Waals surface area (Å²) in [5, 5.41) is 0. The first-order valence-corrected chi connectivity index (χ1v) is 6.18. The molecule has 6 heteroatoms. The molecule has 0 spiro atoms. The summed E-state index contributed by atoms with van der Waals surface area (Å²) in [6.07, 6.45) is 1.58. The molecule has 0 atom stereocenters. The normalized spacial score (nSPS) is 10.2. The van der Waals surface area contributed by atoms with Gasteiger partial charge in [-0.2, -0.15) is 0 Å². The van der Waals surface area contributed by atoms with E-state index < -0.39 is 0 Å². The number of nitrogens with two attached hydrogens (primary N) is 1. The predicted molar refractivity (Wildman–Crippen MR) is 77.0 cm³/mol. The van der Waals surface area contributed by atoms with Crippen LogP contribution in [0.2, 0.25) is 0 Å². The summed E-state index contributed by atoms with van der Waals surface area (Å²) in [5.41, 5.74) is 6.73. The van der Waals surface area contributed by atoms with Crippen molar-refractivity contribution in [1.82, 2.24) is 9.97 Å². The maximum atomic E-state index is 13.3. The first-order valence-electron chi connectivity index (χ1n) is 5.77. The number of anilines is 2. The first kappa shape index (κ1) is 13.4. The van der Waals surface area contributed by atoms with Gasteiger partial charge in [0.1, 0.15) is 16.5 Å². The second-order valence-corrected chi connectivity index (χ2v) is 4.27. The van der Waals surface area contributed by atoms with Crippen molar-refractivity contribution in [3.63, 3.8) is 0 Å². The third-order valence-corrected chi connectivity index (χ3v) is 2.78. The molecule has 1 aromatic carbocycles. The number of thiocarbonyl (C=S) groups is 1. The number of hydrogen-bond donors (Lipinski definition) is 1. The summed E-state index contributed by atoms with van der Waals surface area (Å²) in [6.45, 7) is 2.53. The number of aromatic nitrogens is 2. The maximum Gasteiger partial charge on any atom is 0.230 e. The molecule has 0 saturated heterocycles. The van der Waals surface area contributed by atoms with Crippen LogP contribution in [-0.2, 0) is 0 Å². The molecule has 0 aliphatic heterocycles. The van der Waals surface area contributed by atoms with Crippen LogP contribution in [0.1, 0.15) is 12.6 Å². The van der Waals surface area contributed by atoms with Crippen LogP contribution in [0.5, 0.6) is 0 Å². The van der Waals surface area contributed by atoms with Crippen LogP contribution in [0, 0.1) is 5.82 Å². The van der Waals surface area contributed by atoms with E-state index in [1.54, 1.807) is 29.3 Å². The van der Waals surface area contributed by atoms with E-state index in [1.165, 1.54) is 12.1 Å². The highest BCUT2D eigenvalue weighted by Gasteiger charge is 2.12. The molecule has 0 amide bonds. The molecule has 0 aliphatic carbocycles. The van der Waals surface area contributed by atoms with Gasteiger partial charge in [0, 0.05) is 18.4 Å². The smallest absolute Gasteiger partial charge is 0.230 e. The summed E-state index contributed by atoms with van der Waals surface area (Å²) >= 11 is 4.89. The maximum absolute atomic E-state index is 13.3. The van der Waals surface area contributed by atoms with E-state index in [1.807, 2.05) is 6.92 Å². The molecule has 2 aromatic rings. The zero-order valence-electron chi connectivity index (χ0n) is 10.4. The van der Waals surface area contributed by atoms with Crippen LogP contribution in [0.3, 0.4) is 0 Å². The van der Waals surface area contributed by atoms with E-state index in [0.717, 1.165) is 0 Å². The van der Waals surface area contributed by atoms with Crippen molar-refractivity contribution in [1.29, 1.82) is 0 Å². The van der Waals surface area contributed by atoms with Gasteiger partial charge >= 0.3 is 0 Å². The van der Waals surface area contributed by atoms with E-state index in [0.29, 0.717) is 23.9 Å². The van der Waals surface area contributed by atoms with Gasteiger partial charge in [0.05, 0.1) is 0 Å². The van der Waals surface area contributed by atoms with Gasteiger partial charge in [0.15, 0.2) is 0 Å². The Kier molecular flexibility index (Phi) is 4.01. The molecule has 4 nitrogen and oxygen atoms in total. The molecule has 0 bridgehead atoms. The summed E-state index contributed by atoms with van der Waals surface area (Å²) in [4.78, 5) is 10.4. The Morgan fingerprint density at radius 1 is 1.42 bits per heavy atom. The van der Waals surface area contributed by atoms with E-state index >= 15 is 0 Å². The highest BCUT2D eigenvalue weighted by molar-refractivity contribution is 7.80. The molecule has 19 heavy (non-hydrogen) atoms. The van der Waals surface area contributed by atoms with E-state index in [4.69, 9.17) is 18.0 Å². The van der Waals surface area contributed by atoms with Crippen LogP contribution in [0.25, 0.3) is 0 Å². The van der Waals surface area contributed by atoms with Crippen molar-refractivity contribution in [2.45, 2.75) is 6.92 Å². The Morgan fingerprint density at radius 2 is 2.21 bits per heavy atom. The second kappa shape index (κ2) is 5.71. The van der Waals surface area contributed by atoms with Crippen molar-refractivity contribution < 1.29 is 4.39 Å². The van der Waals surface area contributed by atoms with Crippen LogP contribution in [0.15, 0.2) is 36.5 Å². The van der Waals surface area contributed by atoms with Crippen molar-refractivity contribution >= 4 is 28.8 Å². The van der Waals surface area contributed by atoms with Gasteiger partial charge in [-0.25, -0.2) is 14.4 Å². The number of hydrogen-bond acceptors (Lipinski definition) is 4. The number of halogens is 1. The van der Waals surface area contributed by atoms with Crippen molar-refractivity contribution in [3.05, 3.63) is 48.0 Å². The first-order chi connectivity index (χ1) is 9.11. The van der Waals surface area contributed by atoms with Crippen LogP contribution >= 0.6 is 12.2 Å².